The zero-order valence-electron chi connectivity index (χ0n) is 13.7. The number of halogens is 3. The highest BCUT2D eigenvalue weighted by Crippen LogP contribution is 2.39. The van der Waals surface area contributed by atoms with Crippen LogP contribution in [0.3, 0.4) is 0 Å². The van der Waals surface area contributed by atoms with E-state index < -0.39 is 11.1 Å². The maximum atomic E-state index is 12.6. The maximum absolute atomic E-state index is 12.6. The van der Waals surface area contributed by atoms with Crippen molar-refractivity contribution in [2.24, 2.45) is 5.92 Å². The molecule has 1 saturated carbocycles. The second-order valence-electron chi connectivity index (χ2n) is 6.68. The summed E-state index contributed by atoms with van der Waals surface area (Å²) in [6.45, 7) is 1.03. The van der Waals surface area contributed by atoms with Crippen molar-refractivity contribution >= 4 is 17.2 Å². The van der Waals surface area contributed by atoms with E-state index in [-0.39, 0.29) is 17.0 Å². The van der Waals surface area contributed by atoms with E-state index in [4.69, 9.17) is 4.74 Å². The van der Waals surface area contributed by atoms with Crippen molar-refractivity contribution in [1.29, 1.82) is 0 Å². The molecule has 2 aliphatic rings. The van der Waals surface area contributed by atoms with Gasteiger partial charge in [0.05, 0.1) is 0 Å². The van der Waals surface area contributed by atoms with Gasteiger partial charge in [0.15, 0.2) is 5.06 Å². The van der Waals surface area contributed by atoms with Crippen LogP contribution in [0.2, 0.25) is 0 Å². The number of hydrogen-bond acceptors (Lipinski definition) is 4. The molecule has 2 bridgehead atoms. The van der Waals surface area contributed by atoms with Crippen molar-refractivity contribution in [2.45, 2.75) is 31.1 Å². The second kappa shape index (κ2) is 6.59. The van der Waals surface area contributed by atoms with Crippen LogP contribution in [0.4, 0.5) is 13.2 Å². The van der Waals surface area contributed by atoms with Crippen molar-refractivity contribution in [3.8, 4) is 10.8 Å². The molecule has 26 heavy (non-hydrogen) atoms. The summed E-state index contributed by atoms with van der Waals surface area (Å²) < 4.78 is 43.3. The number of piperidine rings is 1. The SMILES string of the molecule is O=C(NC1CC2CNC1C2)c1ccc(Oc2ccc(C(F)(F)F)s2)cc1. The van der Waals surface area contributed by atoms with Crippen LogP contribution in [-0.4, -0.2) is 24.5 Å². The predicted molar refractivity (Wildman–Crippen MR) is 91.6 cm³/mol. The summed E-state index contributed by atoms with van der Waals surface area (Å²) in [7, 11) is 0. The van der Waals surface area contributed by atoms with Crippen molar-refractivity contribution in [3.63, 3.8) is 0 Å². The highest BCUT2D eigenvalue weighted by Gasteiger charge is 2.40. The molecule has 138 valence electrons. The van der Waals surface area contributed by atoms with Crippen LogP contribution < -0.4 is 15.4 Å². The third-order valence-electron chi connectivity index (χ3n) is 4.84. The van der Waals surface area contributed by atoms with E-state index >= 15 is 0 Å². The molecule has 0 radical (unpaired) electrons. The monoisotopic (exact) mass is 382 g/mol. The summed E-state index contributed by atoms with van der Waals surface area (Å²) in [6.07, 6.45) is -2.26. The van der Waals surface area contributed by atoms with E-state index in [1.165, 1.54) is 6.07 Å². The van der Waals surface area contributed by atoms with Crippen LogP contribution in [0, 0.1) is 5.92 Å². The Morgan fingerprint density at radius 2 is 1.92 bits per heavy atom. The molecule has 1 saturated heterocycles. The van der Waals surface area contributed by atoms with Gasteiger partial charge in [0.25, 0.3) is 5.91 Å². The zero-order chi connectivity index (χ0) is 18.3. The first-order valence-corrected chi connectivity index (χ1v) is 9.19. The summed E-state index contributed by atoms with van der Waals surface area (Å²) in [6, 6.07) is 9.19. The summed E-state index contributed by atoms with van der Waals surface area (Å²) >= 11 is 0.540. The largest absolute Gasteiger partial charge is 0.447 e. The van der Waals surface area contributed by atoms with Crippen molar-refractivity contribution in [2.75, 3.05) is 6.54 Å². The minimum atomic E-state index is -4.37. The molecule has 0 spiro atoms. The number of hydrogen-bond donors (Lipinski definition) is 2. The molecule has 2 N–H and O–H groups in total. The van der Waals surface area contributed by atoms with Gasteiger partial charge in [0.2, 0.25) is 0 Å². The van der Waals surface area contributed by atoms with Gasteiger partial charge in [-0.1, -0.05) is 11.3 Å². The Hall–Kier alpha value is -2.06. The molecule has 3 unspecified atom stereocenters. The molecular formula is C18H17F3N2O2S. The van der Waals surface area contributed by atoms with E-state index in [2.05, 4.69) is 10.6 Å². The number of carbonyl (C=O) groups excluding carboxylic acids is 1. The first-order chi connectivity index (χ1) is 12.4. The molecule has 1 amide bonds. The smallest absolute Gasteiger partial charge is 0.425 e. The fraction of sp³-hybridized carbons (Fsp3) is 0.389. The van der Waals surface area contributed by atoms with Gasteiger partial charge in [-0.3, -0.25) is 4.79 Å². The molecule has 2 fully saturated rings. The van der Waals surface area contributed by atoms with E-state index in [1.807, 2.05) is 0 Å². The number of alkyl halides is 3. The number of nitrogens with one attached hydrogen (secondary N) is 2. The summed E-state index contributed by atoms with van der Waals surface area (Å²) in [4.78, 5) is 11.7. The van der Waals surface area contributed by atoms with E-state index in [0.717, 1.165) is 25.5 Å². The van der Waals surface area contributed by atoms with Crippen LogP contribution in [0.25, 0.3) is 0 Å². The molecule has 1 aliphatic carbocycles. The number of rotatable bonds is 4. The molecule has 4 rings (SSSR count). The number of thiophene rings is 1. The normalized spacial score (nSPS) is 24.7. The molecule has 2 heterocycles. The maximum Gasteiger partial charge on any atom is 0.425 e. The number of benzene rings is 1. The van der Waals surface area contributed by atoms with Gasteiger partial charge < -0.3 is 15.4 Å². The lowest BCUT2D eigenvalue weighted by atomic mass is 10.1. The molecule has 1 aromatic heterocycles. The van der Waals surface area contributed by atoms with Crippen LogP contribution >= 0.6 is 11.3 Å². The first-order valence-electron chi connectivity index (χ1n) is 8.38. The minimum absolute atomic E-state index is 0.147. The molecule has 4 nitrogen and oxygen atoms in total. The van der Waals surface area contributed by atoms with E-state index in [9.17, 15) is 18.0 Å². The Morgan fingerprint density at radius 1 is 1.15 bits per heavy atom. The number of fused-ring (bicyclic) bond motifs is 2. The van der Waals surface area contributed by atoms with Crippen LogP contribution in [0.5, 0.6) is 10.8 Å². The molecular weight excluding hydrogens is 365 g/mol. The fourth-order valence-electron chi connectivity index (χ4n) is 3.58. The van der Waals surface area contributed by atoms with Gasteiger partial charge in [0.1, 0.15) is 10.6 Å². The summed E-state index contributed by atoms with van der Waals surface area (Å²) in [5, 5.41) is 6.60. The molecule has 1 aliphatic heterocycles. The number of ether oxygens (including phenoxy) is 1. The highest BCUT2D eigenvalue weighted by atomic mass is 32.1. The standard InChI is InChI=1S/C18H17F3N2O2S/c19-18(20,21)15-5-6-16(26-15)25-12-3-1-11(2-4-12)17(24)23-14-8-10-7-13(14)22-9-10/h1-6,10,13-14,22H,7-9H2,(H,23,24). The lowest BCUT2D eigenvalue weighted by molar-refractivity contribution is -0.134. The van der Waals surface area contributed by atoms with Gasteiger partial charge in [-0.2, -0.15) is 13.2 Å². The Balaban J connectivity index is 1.37. The predicted octanol–water partition coefficient (Wildman–Crippen LogP) is 4.04. The lowest BCUT2D eigenvalue weighted by Gasteiger charge is -2.24. The van der Waals surface area contributed by atoms with Gasteiger partial charge >= 0.3 is 6.18 Å². The van der Waals surface area contributed by atoms with Crippen molar-refractivity contribution in [3.05, 3.63) is 46.8 Å². The van der Waals surface area contributed by atoms with Crippen molar-refractivity contribution in [1.82, 2.24) is 10.6 Å². The Morgan fingerprint density at radius 3 is 2.50 bits per heavy atom. The van der Waals surface area contributed by atoms with Crippen molar-refractivity contribution < 1.29 is 22.7 Å². The van der Waals surface area contributed by atoms with Crippen LogP contribution in [-0.2, 0) is 6.18 Å². The average Bonchev–Trinajstić information content (AvgIpc) is 3.31. The van der Waals surface area contributed by atoms with Crippen LogP contribution in [0.15, 0.2) is 36.4 Å². The highest BCUT2D eigenvalue weighted by molar-refractivity contribution is 7.13. The third kappa shape index (κ3) is 3.57. The van der Waals surface area contributed by atoms with Gasteiger partial charge in [-0.05, 0) is 61.7 Å². The zero-order valence-corrected chi connectivity index (χ0v) is 14.5. The van der Waals surface area contributed by atoms with Gasteiger partial charge in [-0.25, -0.2) is 0 Å². The number of amides is 1. The minimum Gasteiger partial charge on any atom is -0.447 e. The van der Waals surface area contributed by atoms with E-state index in [0.29, 0.717) is 34.6 Å². The summed E-state index contributed by atoms with van der Waals surface area (Å²) in [5.74, 6) is 0.888. The second-order valence-corrected chi connectivity index (χ2v) is 7.72. The Bertz CT molecular complexity index is 804. The Kier molecular flexibility index (Phi) is 4.40. The molecule has 2 aromatic rings. The van der Waals surface area contributed by atoms with E-state index in [1.54, 1.807) is 24.3 Å². The third-order valence-corrected chi connectivity index (χ3v) is 5.85. The molecule has 3 atom stereocenters. The Labute approximate surface area is 152 Å². The summed E-state index contributed by atoms with van der Waals surface area (Å²) in [5.41, 5.74) is 0.502. The molecule has 1 aromatic carbocycles. The lowest BCUT2D eigenvalue weighted by Crippen LogP contribution is -2.47. The molecule has 8 heteroatoms. The average molecular weight is 382 g/mol. The fourth-order valence-corrected chi connectivity index (χ4v) is 4.32. The van der Waals surface area contributed by atoms with Gasteiger partial charge in [-0.15, -0.1) is 0 Å². The van der Waals surface area contributed by atoms with Gasteiger partial charge in [0, 0.05) is 17.6 Å². The topological polar surface area (TPSA) is 50.4 Å². The van der Waals surface area contributed by atoms with Crippen LogP contribution in [0.1, 0.15) is 28.1 Å². The quantitative estimate of drug-likeness (QED) is 0.839. The number of carbonyl (C=O) groups is 1. The first kappa shape index (κ1) is 17.4.